The van der Waals surface area contributed by atoms with Gasteiger partial charge in [-0.15, -0.1) is 10.2 Å². The zero-order chi connectivity index (χ0) is 24.6. The van der Waals surface area contributed by atoms with Gasteiger partial charge in [0.1, 0.15) is 5.69 Å². The topological polar surface area (TPSA) is 86.0 Å². The number of hydrogen-bond donors (Lipinski definition) is 2. The number of likely N-dealkylation sites (tertiary alicyclic amines) is 1. The molecule has 36 heavy (non-hydrogen) atoms. The van der Waals surface area contributed by atoms with Gasteiger partial charge < -0.3 is 10.1 Å². The second kappa shape index (κ2) is 9.37. The molecule has 6 rings (SSSR count). The molecule has 180 valence electrons. The predicted molar refractivity (Wildman–Crippen MR) is 145 cm³/mol. The number of hydrogen-bond acceptors (Lipinski definition) is 4. The maximum atomic E-state index is 13.4. The summed E-state index contributed by atoms with van der Waals surface area (Å²) in [6, 6.07) is 23.3. The van der Waals surface area contributed by atoms with Crippen molar-refractivity contribution >= 4 is 49.3 Å². The molecular weight excluding hydrogens is 518 g/mol. The van der Waals surface area contributed by atoms with Crippen LogP contribution in [0.25, 0.3) is 32.9 Å². The minimum atomic E-state index is -0.503. The van der Waals surface area contributed by atoms with Gasteiger partial charge in [0.2, 0.25) is 5.88 Å². The summed E-state index contributed by atoms with van der Waals surface area (Å²) in [6.45, 7) is 2.57. The van der Waals surface area contributed by atoms with Crippen molar-refractivity contribution in [3.05, 3.63) is 83.0 Å². The Balaban J connectivity index is 1.42. The minimum absolute atomic E-state index is 0.0171. The van der Waals surface area contributed by atoms with Crippen molar-refractivity contribution in [3.8, 4) is 17.0 Å². The number of para-hydroxylation sites is 1. The van der Waals surface area contributed by atoms with Crippen LogP contribution in [-0.4, -0.2) is 38.6 Å². The molecule has 1 aliphatic heterocycles. The highest BCUT2D eigenvalue weighted by Crippen LogP contribution is 2.40. The van der Waals surface area contributed by atoms with E-state index in [0.29, 0.717) is 18.1 Å². The Morgan fingerprint density at radius 3 is 2.53 bits per heavy atom. The largest absolute Gasteiger partial charge is 0.493 e. The Labute approximate surface area is 216 Å². The van der Waals surface area contributed by atoms with E-state index in [9.17, 15) is 9.90 Å². The van der Waals surface area contributed by atoms with Gasteiger partial charge in [-0.1, -0.05) is 64.5 Å². The van der Waals surface area contributed by atoms with Crippen LogP contribution in [0.3, 0.4) is 0 Å². The van der Waals surface area contributed by atoms with E-state index in [0.717, 1.165) is 63.3 Å². The molecule has 0 saturated carbocycles. The lowest BCUT2D eigenvalue weighted by Crippen LogP contribution is -2.22. The molecule has 1 amide bonds. The molecule has 2 N–H and O–H groups in total. The van der Waals surface area contributed by atoms with Crippen LogP contribution in [0.4, 0.5) is 5.69 Å². The molecule has 0 radical (unpaired) electrons. The Morgan fingerprint density at radius 1 is 0.972 bits per heavy atom. The van der Waals surface area contributed by atoms with E-state index in [2.05, 4.69) is 36.0 Å². The molecule has 3 aromatic carbocycles. The molecule has 1 saturated heterocycles. The summed E-state index contributed by atoms with van der Waals surface area (Å²) in [5.41, 5.74) is 4.04. The summed E-state index contributed by atoms with van der Waals surface area (Å²) >= 11 is 3.54. The van der Waals surface area contributed by atoms with Crippen LogP contribution < -0.4 is 0 Å². The number of aromatic amines is 1. The molecule has 8 heteroatoms. The second-order valence-electron chi connectivity index (χ2n) is 9.02. The first-order valence-electron chi connectivity index (χ1n) is 12.0. The van der Waals surface area contributed by atoms with Crippen LogP contribution >= 0.6 is 15.9 Å². The number of benzene rings is 3. The van der Waals surface area contributed by atoms with Crippen molar-refractivity contribution in [1.82, 2.24) is 14.5 Å². The first kappa shape index (κ1) is 22.7. The first-order chi connectivity index (χ1) is 17.6. The number of carbonyl (C=O) groups is 1. The third-order valence-electron chi connectivity index (χ3n) is 6.74. The Hall–Kier alpha value is -3.75. The van der Waals surface area contributed by atoms with Gasteiger partial charge in [0.15, 0.2) is 5.69 Å². The van der Waals surface area contributed by atoms with Crippen LogP contribution in [-0.2, 0) is 6.67 Å². The van der Waals surface area contributed by atoms with Crippen molar-refractivity contribution in [1.29, 1.82) is 0 Å². The quantitative estimate of drug-likeness (QED) is 0.230. The fraction of sp³-hybridized carbons (Fsp3) is 0.179. The van der Waals surface area contributed by atoms with E-state index in [1.807, 2.05) is 77.4 Å². The highest BCUT2D eigenvalue weighted by atomic mass is 79.9. The van der Waals surface area contributed by atoms with Crippen LogP contribution in [0.1, 0.15) is 23.3 Å². The normalized spacial score (nSPS) is 14.5. The SMILES string of the molecule is O=C(N=Nc1c(O)n(CN2CCCC2)c2ccccc12)c1[nH]c2ccc(Br)cc2c1-c1ccccc1. The molecule has 0 unspecified atom stereocenters. The van der Waals surface area contributed by atoms with Crippen LogP contribution in [0.15, 0.2) is 87.5 Å². The molecule has 1 fully saturated rings. The lowest BCUT2D eigenvalue weighted by atomic mass is 10.0. The number of nitrogens with one attached hydrogen (secondary N) is 1. The van der Waals surface area contributed by atoms with Crippen molar-refractivity contribution < 1.29 is 9.90 Å². The van der Waals surface area contributed by atoms with Gasteiger partial charge in [0, 0.05) is 26.3 Å². The predicted octanol–water partition coefficient (Wildman–Crippen LogP) is 7.24. The highest BCUT2D eigenvalue weighted by molar-refractivity contribution is 9.10. The lowest BCUT2D eigenvalue weighted by Gasteiger charge is -2.17. The number of rotatable bonds is 5. The standard InChI is InChI=1S/C28H24BrN5O2/c29-19-12-13-22-21(16-19)24(18-8-2-1-3-9-18)26(30-22)27(35)32-31-25-20-10-4-5-11-23(20)34(28(25)36)17-33-14-6-7-15-33/h1-5,8-13,16,30,36H,6-7,14-15,17H2. The van der Waals surface area contributed by atoms with E-state index in [-0.39, 0.29) is 5.88 Å². The maximum absolute atomic E-state index is 13.4. The van der Waals surface area contributed by atoms with Crippen molar-refractivity contribution in [3.63, 3.8) is 0 Å². The number of aromatic nitrogens is 2. The van der Waals surface area contributed by atoms with Gasteiger partial charge in [-0.2, -0.15) is 0 Å². The molecule has 0 atom stereocenters. The molecule has 0 bridgehead atoms. The zero-order valence-corrected chi connectivity index (χ0v) is 21.1. The van der Waals surface area contributed by atoms with Gasteiger partial charge in [0.05, 0.1) is 12.2 Å². The highest BCUT2D eigenvalue weighted by Gasteiger charge is 2.22. The molecule has 2 aromatic heterocycles. The van der Waals surface area contributed by atoms with E-state index >= 15 is 0 Å². The van der Waals surface area contributed by atoms with Crippen LogP contribution in [0.2, 0.25) is 0 Å². The number of nitrogens with zero attached hydrogens (tertiary/aromatic N) is 4. The average molecular weight is 542 g/mol. The fourth-order valence-electron chi connectivity index (χ4n) is 5.01. The second-order valence-corrected chi connectivity index (χ2v) is 9.94. The Kier molecular flexibility index (Phi) is 5.91. The third-order valence-corrected chi connectivity index (χ3v) is 7.23. The average Bonchev–Trinajstić information content (AvgIpc) is 3.61. The first-order valence-corrected chi connectivity index (χ1v) is 12.7. The lowest BCUT2D eigenvalue weighted by molar-refractivity contribution is 0.0991. The summed E-state index contributed by atoms with van der Waals surface area (Å²) in [7, 11) is 0. The molecule has 0 aliphatic carbocycles. The van der Waals surface area contributed by atoms with Gasteiger partial charge >= 0.3 is 5.91 Å². The molecule has 3 heterocycles. The third kappa shape index (κ3) is 4.02. The van der Waals surface area contributed by atoms with Gasteiger partial charge in [-0.05, 0) is 55.8 Å². The van der Waals surface area contributed by atoms with E-state index in [4.69, 9.17) is 0 Å². The van der Waals surface area contributed by atoms with Gasteiger partial charge in [-0.3, -0.25) is 14.3 Å². The number of azo groups is 1. The van der Waals surface area contributed by atoms with Crippen LogP contribution in [0.5, 0.6) is 5.88 Å². The van der Waals surface area contributed by atoms with Gasteiger partial charge in [-0.25, -0.2) is 0 Å². The summed E-state index contributed by atoms with van der Waals surface area (Å²) in [4.78, 5) is 18.9. The Morgan fingerprint density at radius 2 is 1.72 bits per heavy atom. The minimum Gasteiger partial charge on any atom is -0.493 e. The van der Waals surface area contributed by atoms with Crippen molar-refractivity contribution in [2.45, 2.75) is 19.5 Å². The number of carbonyl (C=O) groups excluding carboxylic acids is 1. The monoisotopic (exact) mass is 541 g/mol. The van der Waals surface area contributed by atoms with E-state index in [1.54, 1.807) is 0 Å². The molecule has 5 aromatic rings. The summed E-state index contributed by atoms with van der Waals surface area (Å²) in [5, 5.41) is 21.1. The zero-order valence-electron chi connectivity index (χ0n) is 19.5. The number of halogens is 1. The molecule has 0 spiro atoms. The smallest absolute Gasteiger partial charge is 0.312 e. The fourth-order valence-corrected chi connectivity index (χ4v) is 5.37. The summed E-state index contributed by atoms with van der Waals surface area (Å²) in [5.74, 6) is -0.486. The van der Waals surface area contributed by atoms with E-state index < -0.39 is 5.91 Å². The summed E-state index contributed by atoms with van der Waals surface area (Å²) < 4.78 is 2.76. The molecular formula is C28H24BrN5O2. The molecule has 7 nitrogen and oxygen atoms in total. The summed E-state index contributed by atoms with van der Waals surface area (Å²) in [6.07, 6.45) is 2.32. The van der Waals surface area contributed by atoms with Crippen LogP contribution in [0, 0.1) is 0 Å². The number of aromatic hydroxyl groups is 1. The molecule has 1 aliphatic rings. The Bertz CT molecular complexity index is 1610. The number of amides is 1. The number of fused-ring (bicyclic) bond motifs is 2. The van der Waals surface area contributed by atoms with E-state index in [1.165, 1.54) is 0 Å². The van der Waals surface area contributed by atoms with Crippen molar-refractivity contribution in [2.24, 2.45) is 10.2 Å². The maximum Gasteiger partial charge on any atom is 0.312 e. The number of H-pyrrole nitrogens is 1. The van der Waals surface area contributed by atoms with Gasteiger partial charge in [0.25, 0.3) is 0 Å². The van der Waals surface area contributed by atoms with Crippen molar-refractivity contribution in [2.75, 3.05) is 13.1 Å².